The van der Waals surface area contributed by atoms with Crippen LogP contribution in [-0.4, -0.2) is 29.1 Å². The van der Waals surface area contributed by atoms with Crippen molar-refractivity contribution in [2.24, 2.45) is 5.92 Å². The van der Waals surface area contributed by atoms with Gasteiger partial charge in [0.25, 0.3) is 0 Å². The molecule has 0 aliphatic rings. The van der Waals surface area contributed by atoms with Crippen LogP contribution in [0.25, 0.3) is 22.4 Å². The van der Waals surface area contributed by atoms with E-state index in [1.54, 1.807) is 7.11 Å². The van der Waals surface area contributed by atoms with Gasteiger partial charge in [0.1, 0.15) is 5.69 Å². The van der Waals surface area contributed by atoms with Gasteiger partial charge in [0, 0.05) is 36.6 Å². The first-order valence-electron chi connectivity index (χ1n) is 8.58. The average molecular weight is 366 g/mol. The molecule has 0 amide bonds. The minimum atomic E-state index is 0.118. The van der Waals surface area contributed by atoms with Crippen LogP contribution in [0, 0.1) is 12.8 Å². The Kier molecular flexibility index (Phi) is 5.91. The lowest BCUT2D eigenvalue weighted by atomic mass is 9.93. The van der Waals surface area contributed by atoms with Crippen LogP contribution in [-0.2, 0) is 4.74 Å². The zero-order valence-electron chi connectivity index (χ0n) is 15.2. The van der Waals surface area contributed by atoms with Crippen molar-refractivity contribution in [2.75, 3.05) is 13.7 Å². The van der Waals surface area contributed by atoms with Gasteiger partial charge in [-0.3, -0.25) is 4.79 Å². The molecular weight excluding hydrogens is 344 g/mol. The largest absolute Gasteiger partial charge is 0.384 e. The molecule has 1 heterocycles. The van der Waals surface area contributed by atoms with E-state index in [0.717, 1.165) is 22.4 Å². The van der Waals surface area contributed by atoms with Crippen molar-refractivity contribution >= 4 is 17.3 Å². The first-order chi connectivity index (χ1) is 12.6. The highest BCUT2D eigenvalue weighted by atomic mass is 32.1. The highest BCUT2D eigenvalue weighted by Gasteiger charge is 2.15. The zero-order chi connectivity index (χ0) is 18.5. The second-order valence-corrected chi connectivity index (χ2v) is 7.25. The Morgan fingerprint density at radius 3 is 2.50 bits per heavy atom. The molecule has 5 heteroatoms. The number of nitrogens with zero attached hydrogens (tertiary/aromatic N) is 2. The first kappa shape index (κ1) is 18.4. The van der Waals surface area contributed by atoms with E-state index in [1.807, 2.05) is 24.4 Å². The minimum absolute atomic E-state index is 0.118. The first-order valence-corrected chi connectivity index (χ1v) is 9.42. The number of aromatic nitrogens is 2. The predicted octanol–water partition coefficient (Wildman–Crippen LogP) is 5.04. The number of methoxy groups -OCH3 is 1. The van der Waals surface area contributed by atoms with Crippen LogP contribution >= 0.6 is 11.5 Å². The Morgan fingerprint density at radius 2 is 1.85 bits per heavy atom. The average Bonchev–Trinajstić information content (AvgIpc) is 3.17. The van der Waals surface area contributed by atoms with Crippen molar-refractivity contribution in [1.29, 1.82) is 0 Å². The van der Waals surface area contributed by atoms with Crippen molar-refractivity contribution in [2.45, 2.75) is 20.3 Å². The van der Waals surface area contributed by atoms with E-state index in [4.69, 9.17) is 4.74 Å². The summed E-state index contributed by atoms with van der Waals surface area (Å²) in [7, 11) is 1.66. The molecule has 2 aromatic carbocycles. The molecule has 0 aliphatic heterocycles. The number of carbonyl (C=O) groups is 1. The third kappa shape index (κ3) is 4.42. The molecule has 0 fully saturated rings. The Hall–Kier alpha value is -2.37. The number of Topliss-reactive ketones (excluding diaryl/α,β-unsaturated/α-hetero) is 1. The standard InChI is InChI=1S/C21H22N2O2S/c1-14-4-6-16(7-5-14)17-9-18(20-13-26-23-22-20)11-19(10-17)21(24)8-15(2)12-25-3/h4-7,9-11,13,15H,8,12H2,1-3H3. The van der Waals surface area contributed by atoms with Gasteiger partial charge in [0.05, 0.1) is 0 Å². The van der Waals surface area contributed by atoms with Crippen LogP contribution in [0.4, 0.5) is 0 Å². The molecule has 1 unspecified atom stereocenters. The molecular formula is C21H22N2O2S. The molecule has 0 saturated carbocycles. The number of hydrogen-bond donors (Lipinski definition) is 0. The third-order valence-electron chi connectivity index (χ3n) is 4.28. The molecule has 26 heavy (non-hydrogen) atoms. The van der Waals surface area contributed by atoms with Crippen LogP contribution in [0.1, 0.15) is 29.3 Å². The molecule has 0 saturated heterocycles. The van der Waals surface area contributed by atoms with Crippen LogP contribution in [0.2, 0.25) is 0 Å². The van der Waals surface area contributed by atoms with E-state index in [2.05, 4.69) is 46.8 Å². The maximum absolute atomic E-state index is 12.8. The maximum atomic E-state index is 12.8. The third-order valence-corrected chi connectivity index (χ3v) is 4.79. The van der Waals surface area contributed by atoms with Crippen molar-refractivity contribution < 1.29 is 9.53 Å². The lowest BCUT2D eigenvalue weighted by Gasteiger charge is -2.12. The van der Waals surface area contributed by atoms with E-state index < -0.39 is 0 Å². The fourth-order valence-corrected chi connectivity index (χ4v) is 3.38. The summed E-state index contributed by atoms with van der Waals surface area (Å²) < 4.78 is 9.11. The number of aryl methyl sites for hydroxylation is 1. The molecule has 0 N–H and O–H groups in total. The topological polar surface area (TPSA) is 52.1 Å². The molecule has 4 nitrogen and oxygen atoms in total. The van der Waals surface area contributed by atoms with Gasteiger partial charge in [-0.1, -0.05) is 41.2 Å². The van der Waals surface area contributed by atoms with Crippen LogP contribution in [0.3, 0.4) is 0 Å². The van der Waals surface area contributed by atoms with Gasteiger partial charge in [0.2, 0.25) is 0 Å². The lowest BCUT2D eigenvalue weighted by molar-refractivity contribution is 0.0920. The summed E-state index contributed by atoms with van der Waals surface area (Å²) in [5, 5.41) is 6.06. The molecule has 0 radical (unpaired) electrons. The van der Waals surface area contributed by atoms with Gasteiger partial charge in [0.15, 0.2) is 5.78 Å². The van der Waals surface area contributed by atoms with E-state index in [0.29, 0.717) is 18.6 Å². The van der Waals surface area contributed by atoms with Gasteiger partial charge in [-0.05, 0) is 53.7 Å². The summed E-state index contributed by atoms with van der Waals surface area (Å²) in [5.74, 6) is 0.299. The molecule has 1 aromatic heterocycles. The number of rotatable bonds is 7. The van der Waals surface area contributed by atoms with Crippen molar-refractivity contribution in [1.82, 2.24) is 9.59 Å². The SMILES string of the molecule is COCC(C)CC(=O)c1cc(-c2ccc(C)cc2)cc(-c2csnn2)c1. The molecule has 0 bridgehead atoms. The zero-order valence-corrected chi connectivity index (χ0v) is 16.0. The second kappa shape index (κ2) is 8.34. The highest BCUT2D eigenvalue weighted by molar-refractivity contribution is 7.03. The molecule has 3 rings (SSSR count). The number of ether oxygens (including phenoxy) is 1. The van der Waals surface area contributed by atoms with Crippen LogP contribution < -0.4 is 0 Å². The van der Waals surface area contributed by atoms with Crippen molar-refractivity contribution in [3.63, 3.8) is 0 Å². The fourth-order valence-electron chi connectivity index (χ4n) is 2.92. The predicted molar refractivity (Wildman–Crippen MR) is 106 cm³/mol. The Morgan fingerprint density at radius 1 is 1.12 bits per heavy atom. The number of ketones is 1. The summed E-state index contributed by atoms with van der Waals surface area (Å²) in [6, 6.07) is 14.3. The number of hydrogen-bond acceptors (Lipinski definition) is 5. The number of benzene rings is 2. The summed E-state index contributed by atoms with van der Waals surface area (Å²) >= 11 is 1.31. The highest BCUT2D eigenvalue weighted by Crippen LogP contribution is 2.29. The lowest BCUT2D eigenvalue weighted by Crippen LogP contribution is -2.11. The number of carbonyl (C=O) groups excluding carboxylic acids is 1. The van der Waals surface area contributed by atoms with Crippen LogP contribution in [0.15, 0.2) is 47.8 Å². The van der Waals surface area contributed by atoms with Gasteiger partial charge in [-0.25, -0.2) is 0 Å². The second-order valence-electron chi connectivity index (χ2n) is 6.64. The van der Waals surface area contributed by atoms with Crippen LogP contribution in [0.5, 0.6) is 0 Å². The summed E-state index contributed by atoms with van der Waals surface area (Å²) in [6.07, 6.45) is 0.458. The quantitative estimate of drug-likeness (QED) is 0.550. The van der Waals surface area contributed by atoms with E-state index in [9.17, 15) is 4.79 Å². The summed E-state index contributed by atoms with van der Waals surface area (Å²) in [5.41, 5.74) is 5.72. The molecule has 1 atom stereocenters. The summed E-state index contributed by atoms with van der Waals surface area (Å²) in [4.78, 5) is 12.8. The smallest absolute Gasteiger partial charge is 0.163 e. The van der Waals surface area contributed by atoms with Crippen molar-refractivity contribution in [3.05, 3.63) is 59.0 Å². The fraction of sp³-hybridized carbons (Fsp3) is 0.286. The molecule has 0 aliphatic carbocycles. The van der Waals surface area contributed by atoms with E-state index in [-0.39, 0.29) is 11.7 Å². The minimum Gasteiger partial charge on any atom is -0.384 e. The van der Waals surface area contributed by atoms with Gasteiger partial charge >= 0.3 is 0 Å². The van der Waals surface area contributed by atoms with E-state index >= 15 is 0 Å². The van der Waals surface area contributed by atoms with E-state index in [1.165, 1.54) is 17.1 Å². The summed E-state index contributed by atoms with van der Waals surface area (Å²) in [6.45, 7) is 4.66. The monoisotopic (exact) mass is 366 g/mol. The molecule has 134 valence electrons. The van der Waals surface area contributed by atoms with Gasteiger partial charge < -0.3 is 4.74 Å². The molecule has 3 aromatic rings. The van der Waals surface area contributed by atoms with Gasteiger partial charge in [-0.2, -0.15) is 0 Å². The Bertz CT molecular complexity index is 874. The Labute approximate surface area is 158 Å². The maximum Gasteiger partial charge on any atom is 0.163 e. The normalized spacial score (nSPS) is 12.1. The van der Waals surface area contributed by atoms with Crippen molar-refractivity contribution in [3.8, 4) is 22.4 Å². The molecule has 0 spiro atoms. The van der Waals surface area contributed by atoms with Gasteiger partial charge in [-0.15, -0.1) is 5.10 Å². The Balaban J connectivity index is 2.00.